The summed E-state index contributed by atoms with van der Waals surface area (Å²) < 4.78 is 8.97. The number of aryl methyl sites for hydroxylation is 1. The predicted octanol–water partition coefficient (Wildman–Crippen LogP) is 3.55. The van der Waals surface area contributed by atoms with Crippen LogP contribution in [0.1, 0.15) is 49.7 Å². The lowest BCUT2D eigenvalue weighted by molar-refractivity contribution is -0.134. The molecule has 3 heterocycles. The molecule has 4 rings (SSSR count). The number of hydrogen-bond acceptors (Lipinski definition) is 4. The summed E-state index contributed by atoms with van der Waals surface area (Å²) in [6.07, 6.45) is 6.72. The second-order valence-electron chi connectivity index (χ2n) is 7.36. The summed E-state index contributed by atoms with van der Waals surface area (Å²) in [5, 5.41) is 8.92. The predicted molar refractivity (Wildman–Crippen MR) is 106 cm³/mol. The van der Waals surface area contributed by atoms with Crippen LogP contribution in [0.4, 0.5) is 0 Å². The van der Waals surface area contributed by atoms with E-state index in [1.165, 1.54) is 19.3 Å². The van der Waals surface area contributed by atoms with E-state index in [-0.39, 0.29) is 18.4 Å². The van der Waals surface area contributed by atoms with Crippen molar-refractivity contribution in [2.45, 2.75) is 51.0 Å². The highest BCUT2D eigenvalue weighted by Crippen LogP contribution is 2.28. The maximum absolute atomic E-state index is 12.6. The van der Waals surface area contributed by atoms with Crippen LogP contribution < -0.4 is 4.74 Å². The minimum atomic E-state index is 0.0400. The first-order chi connectivity index (χ1) is 13.2. The highest BCUT2D eigenvalue weighted by molar-refractivity contribution is 9.10. The number of amides is 1. The molecule has 0 radical (unpaired) electrons. The Hall–Kier alpha value is -1.89. The minimum Gasteiger partial charge on any atom is -0.484 e. The smallest absolute Gasteiger partial charge is 0.260 e. The van der Waals surface area contributed by atoms with Crippen LogP contribution in [0.3, 0.4) is 0 Å². The molecule has 1 aromatic carbocycles. The molecule has 1 unspecified atom stereocenters. The summed E-state index contributed by atoms with van der Waals surface area (Å²) in [6, 6.07) is 7.55. The molecule has 0 aliphatic carbocycles. The second-order valence-corrected chi connectivity index (χ2v) is 8.27. The summed E-state index contributed by atoms with van der Waals surface area (Å²) in [7, 11) is 0. The van der Waals surface area contributed by atoms with Crippen molar-refractivity contribution in [2.24, 2.45) is 0 Å². The Bertz CT molecular complexity index is 790. The SMILES string of the molecule is O=C(COc1ccc(Br)cc1)N1CCCC(c2nnc3n2CCCCC3)C1. The number of carbonyl (C=O) groups is 1. The Balaban J connectivity index is 1.38. The number of rotatable bonds is 4. The van der Waals surface area contributed by atoms with Crippen molar-refractivity contribution < 1.29 is 9.53 Å². The van der Waals surface area contributed by atoms with E-state index in [0.717, 1.165) is 48.5 Å². The van der Waals surface area contributed by atoms with E-state index in [0.29, 0.717) is 12.3 Å². The van der Waals surface area contributed by atoms with Crippen molar-refractivity contribution in [1.29, 1.82) is 0 Å². The van der Waals surface area contributed by atoms with Crippen LogP contribution in [-0.4, -0.2) is 45.3 Å². The Morgan fingerprint density at radius 3 is 2.81 bits per heavy atom. The van der Waals surface area contributed by atoms with Gasteiger partial charge < -0.3 is 14.2 Å². The second kappa shape index (κ2) is 8.42. The average molecular weight is 433 g/mol. The molecule has 0 N–H and O–H groups in total. The first kappa shape index (κ1) is 18.5. The van der Waals surface area contributed by atoms with E-state index in [1.807, 2.05) is 29.2 Å². The van der Waals surface area contributed by atoms with Gasteiger partial charge in [0.15, 0.2) is 6.61 Å². The van der Waals surface area contributed by atoms with Gasteiger partial charge in [-0.3, -0.25) is 4.79 Å². The van der Waals surface area contributed by atoms with Crippen LogP contribution >= 0.6 is 15.9 Å². The van der Waals surface area contributed by atoms with Crippen LogP contribution in [0.15, 0.2) is 28.7 Å². The minimum absolute atomic E-state index is 0.0400. The van der Waals surface area contributed by atoms with Gasteiger partial charge >= 0.3 is 0 Å². The van der Waals surface area contributed by atoms with Gasteiger partial charge in [0.1, 0.15) is 17.4 Å². The molecule has 6 nitrogen and oxygen atoms in total. The van der Waals surface area contributed by atoms with Gasteiger partial charge in [-0.2, -0.15) is 0 Å². The van der Waals surface area contributed by atoms with Gasteiger partial charge in [-0.1, -0.05) is 22.4 Å². The fourth-order valence-corrected chi connectivity index (χ4v) is 4.26. The summed E-state index contributed by atoms with van der Waals surface area (Å²) in [4.78, 5) is 14.6. The van der Waals surface area contributed by atoms with Gasteiger partial charge in [0.2, 0.25) is 0 Å². The summed E-state index contributed by atoms with van der Waals surface area (Å²) >= 11 is 3.40. The number of aromatic nitrogens is 3. The van der Waals surface area contributed by atoms with Crippen LogP contribution in [0, 0.1) is 0 Å². The van der Waals surface area contributed by atoms with Crippen molar-refractivity contribution in [1.82, 2.24) is 19.7 Å². The van der Waals surface area contributed by atoms with E-state index in [4.69, 9.17) is 4.74 Å². The zero-order valence-electron chi connectivity index (χ0n) is 15.4. The van der Waals surface area contributed by atoms with Gasteiger partial charge in [0, 0.05) is 36.4 Å². The molecule has 0 spiro atoms. The van der Waals surface area contributed by atoms with Gasteiger partial charge in [-0.15, -0.1) is 10.2 Å². The molecule has 144 valence electrons. The molecule has 1 atom stereocenters. The lowest BCUT2D eigenvalue weighted by atomic mass is 9.97. The largest absolute Gasteiger partial charge is 0.484 e. The van der Waals surface area contributed by atoms with Gasteiger partial charge in [-0.25, -0.2) is 0 Å². The lowest BCUT2D eigenvalue weighted by Gasteiger charge is -2.32. The quantitative estimate of drug-likeness (QED) is 0.740. The van der Waals surface area contributed by atoms with Gasteiger partial charge in [0.05, 0.1) is 0 Å². The highest BCUT2D eigenvalue weighted by atomic mass is 79.9. The topological polar surface area (TPSA) is 60.2 Å². The van der Waals surface area contributed by atoms with Crippen molar-refractivity contribution in [3.63, 3.8) is 0 Å². The molecule has 0 bridgehead atoms. The first-order valence-electron chi connectivity index (χ1n) is 9.79. The molecule has 2 aromatic rings. The summed E-state index contributed by atoms with van der Waals surface area (Å²) in [5.41, 5.74) is 0. The fourth-order valence-electron chi connectivity index (χ4n) is 3.99. The molecule has 1 saturated heterocycles. The lowest BCUT2D eigenvalue weighted by Crippen LogP contribution is -2.42. The zero-order chi connectivity index (χ0) is 18.6. The molecule has 1 aromatic heterocycles. The van der Waals surface area contributed by atoms with Crippen LogP contribution in [0.5, 0.6) is 5.75 Å². The highest BCUT2D eigenvalue weighted by Gasteiger charge is 2.29. The number of piperidine rings is 1. The zero-order valence-corrected chi connectivity index (χ0v) is 17.0. The van der Waals surface area contributed by atoms with Crippen molar-refractivity contribution in [3.8, 4) is 5.75 Å². The molecule has 27 heavy (non-hydrogen) atoms. The van der Waals surface area contributed by atoms with Crippen molar-refractivity contribution in [3.05, 3.63) is 40.4 Å². The van der Waals surface area contributed by atoms with Crippen LogP contribution in [0.2, 0.25) is 0 Å². The Kier molecular flexibility index (Phi) is 5.76. The molecule has 1 amide bonds. The number of nitrogens with zero attached hydrogens (tertiary/aromatic N) is 4. The Labute approximate surface area is 168 Å². The number of ether oxygens (including phenoxy) is 1. The third kappa shape index (κ3) is 4.34. The number of halogens is 1. The monoisotopic (exact) mass is 432 g/mol. The number of carbonyl (C=O) groups excluding carboxylic acids is 1. The van der Waals surface area contributed by atoms with E-state index in [2.05, 4.69) is 30.7 Å². The third-order valence-electron chi connectivity index (χ3n) is 5.45. The van der Waals surface area contributed by atoms with Gasteiger partial charge in [0.25, 0.3) is 5.91 Å². The summed E-state index contributed by atoms with van der Waals surface area (Å²) in [5.74, 6) is 3.21. The first-order valence-corrected chi connectivity index (χ1v) is 10.6. The van der Waals surface area contributed by atoms with Crippen molar-refractivity contribution >= 4 is 21.8 Å². The fraction of sp³-hybridized carbons (Fsp3) is 0.550. The molecule has 0 saturated carbocycles. The number of fused-ring (bicyclic) bond motifs is 1. The molecule has 7 heteroatoms. The number of hydrogen-bond donors (Lipinski definition) is 0. The van der Waals surface area contributed by atoms with Crippen LogP contribution in [-0.2, 0) is 17.8 Å². The van der Waals surface area contributed by atoms with Crippen LogP contribution in [0.25, 0.3) is 0 Å². The molecule has 2 aliphatic heterocycles. The van der Waals surface area contributed by atoms with E-state index in [9.17, 15) is 4.79 Å². The normalized spacial score (nSPS) is 20.0. The average Bonchev–Trinajstić information content (AvgIpc) is 2.96. The van der Waals surface area contributed by atoms with Crippen molar-refractivity contribution in [2.75, 3.05) is 19.7 Å². The molecule has 2 aliphatic rings. The number of likely N-dealkylation sites (tertiary alicyclic amines) is 1. The molecule has 1 fully saturated rings. The summed E-state index contributed by atoms with van der Waals surface area (Å²) in [6.45, 7) is 2.59. The Morgan fingerprint density at radius 1 is 1.11 bits per heavy atom. The molecular weight excluding hydrogens is 408 g/mol. The van der Waals surface area contributed by atoms with E-state index >= 15 is 0 Å². The third-order valence-corrected chi connectivity index (χ3v) is 5.98. The number of benzene rings is 1. The van der Waals surface area contributed by atoms with E-state index in [1.54, 1.807) is 0 Å². The maximum atomic E-state index is 12.6. The Morgan fingerprint density at radius 2 is 1.96 bits per heavy atom. The van der Waals surface area contributed by atoms with E-state index < -0.39 is 0 Å². The van der Waals surface area contributed by atoms with Gasteiger partial charge in [-0.05, 0) is 49.9 Å². The standard InChI is InChI=1S/C20H25BrN4O2/c21-16-7-9-17(10-8-16)27-14-19(26)24-11-4-5-15(13-24)20-23-22-18-6-2-1-3-12-25(18)20/h7-10,15H,1-6,11-14H2. The molecular formula is C20H25BrN4O2. The maximum Gasteiger partial charge on any atom is 0.260 e.